The fraction of sp³-hybridized carbons (Fsp3) is 0.875. The Bertz CT molecular complexity index is 382. The molecule has 116 valence electrons. The van der Waals surface area contributed by atoms with E-state index >= 15 is 0 Å². The molecular weight excluding hydrogens is 252 g/mol. The Balaban J connectivity index is 2.98. The van der Waals surface area contributed by atoms with E-state index in [1.54, 1.807) is 4.90 Å². The summed E-state index contributed by atoms with van der Waals surface area (Å²) in [5.41, 5.74) is -0.192. The highest BCUT2D eigenvalue weighted by molar-refractivity contribution is 5.95. The van der Waals surface area contributed by atoms with Crippen molar-refractivity contribution in [1.82, 2.24) is 10.2 Å². The second kappa shape index (κ2) is 5.74. The Hall–Kier alpha value is -1.06. The highest BCUT2D eigenvalue weighted by Crippen LogP contribution is 2.33. The van der Waals surface area contributed by atoms with E-state index in [2.05, 4.69) is 39.9 Å². The molecule has 20 heavy (non-hydrogen) atoms. The van der Waals surface area contributed by atoms with Crippen LogP contribution in [0.15, 0.2) is 0 Å². The van der Waals surface area contributed by atoms with Gasteiger partial charge in [-0.25, -0.2) is 0 Å². The summed E-state index contributed by atoms with van der Waals surface area (Å²) < 4.78 is 0. The van der Waals surface area contributed by atoms with Gasteiger partial charge in [0.2, 0.25) is 11.8 Å². The zero-order valence-electron chi connectivity index (χ0n) is 14.0. The minimum atomic E-state index is -0.375. The van der Waals surface area contributed by atoms with Gasteiger partial charge in [0.05, 0.1) is 0 Å². The standard InChI is InChI=1S/C16H30N2O2/c1-8-11(2)13-14(20)18(9-12(19)17-13)16(6,7)10-15(3,4)5/h11,13H,8-10H2,1-7H3,(H,17,19). The van der Waals surface area contributed by atoms with Gasteiger partial charge in [-0.15, -0.1) is 0 Å². The average Bonchev–Trinajstić information content (AvgIpc) is 2.27. The molecule has 2 unspecified atom stereocenters. The quantitative estimate of drug-likeness (QED) is 0.861. The van der Waals surface area contributed by atoms with Crippen LogP contribution in [0.3, 0.4) is 0 Å². The van der Waals surface area contributed by atoms with Crippen LogP contribution < -0.4 is 5.32 Å². The predicted molar refractivity (Wildman–Crippen MR) is 81.2 cm³/mol. The molecule has 0 radical (unpaired) electrons. The Morgan fingerprint density at radius 3 is 2.25 bits per heavy atom. The summed E-state index contributed by atoms with van der Waals surface area (Å²) in [7, 11) is 0. The van der Waals surface area contributed by atoms with Crippen LogP contribution in [-0.2, 0) is 9.59 Å². The number of amides is 2. The molecule has 1 fully saturated rings. The molecule has 0 aromatic heterocycles. The van der Waals surface area contributed by atoms with Gasteiger partial charge in [-0.1, -0.05) is 41.0 Å². The molecule has 0 aromatic carbocycles. The van der Waals surface area contributed by atoms with Crippen molar-refractivity contribution in [3.63, 3.8) is 0 Å². The molecule has 0 bridgehead atoms. The molecular formula is C16H30N2O2. The van der Waals surface area contributed by atoms with E-state index in [1.165, 1.54) is 0 Å². The lowest BCUT2D eigenvalue weighted by Gasteiger charge is -2.46. The van der Waals surface area contributed by atoms with E-state index in [0.717, 1.165) is 12.8 Å². The molecule has 0 spiro atoms. The number of rotatable bonds is 4. The van der Waals surface area contributed by atoms with E-state index in [0.29, 0.717) is 0 Å². The van der Waals surface area contributed by atoms with Crippen LogP contribution in [0.1, 0.15) is 61.3 Å². The Morgan fingerprint density at radius 1 is 1.25 bits per heavy atom. The maximum Gasteiger partial charge on any atom is 0.246 e. The molecule has 2 atom stereocenters. The highest BCUT2D eigenvalue weighted by atomic mass is 16.2. The van der Waals surface area contributed by atoms with Gasteiger partial charge in [-0.2, -0.15) is 0 Å². The summed E-state index contributed by atoms with van der Waals surface area (Å²) in [6.07, 6.45) is 1.75. The van der Waals surface area contributed by atoms with Crippen molar-refractivity contribution >= 4 is 11.8 Å². The van der Waals surface area contributed by atoms with Crippen LogP contribution in [0.5, 0.6) is 0 Å². The summed E-state index contributed by atoms with van der Waals surface area (Å²) >= 11 is 0. The van der Waals surface area contributed by atoms with Gasteiger partial charge >= 0.3 is 0 Å². The number of carbonyl (C=O) groups excluding carboxylic acids is 2. The van der Waals surface area contributed by atoms with Crippen molar-refractivity contribution in [2.75, 3.05) is 6.54 Å². The number of hydrogen-bond donors (Lipinski definition) is 1. The molecule has 1 aliphatic heterocycles. The summed E-state index contributed by atoms with van der Waals surface area (Å²) in [6.45, 7) is 14.8. The third-order valence-corrected chi connectivity index (χ3v) is 4.06. The lowest BCUT2D eigenvalue weighted by molar-refractivity contribution is -0.152. The zero-order chi connectivity index (χ0) is 15.7. The minimum Gasteiger partial charge on any atom is -0.342 e. The summed E-state index contributed by atoms with van der Waals surface area (Å²) in [5, 5.41) is 2.85. The van der Waals surface area contributed by atoms with Crippen LogP contribution in [0, 0.1) is 11.3 Å². The molecule has 0 aliphatic carbocycles. The SMILES string of the molecule is CCC(C)C1NC(=O)CN(C(C)(C)CC(C)(C)C)C1=O. The Labute approximate surface area is 123 Å². The van der Waals surface area contributed by atoms with Crippen LogP contribution in [0.25, 0.3) is 0 Å². The molecule has 1 heterocycles. The van der Waals surface area contributed by atoms with Crippen molar-refractivity contribution in [2.45, 2.75) is 72.9 Å². The van der Waals surface area contributed by atoms with Crippen LogP contribution in [0.4, 0.5) is 0 Å². The number of nitrogens with zero attached hydrogens (tertiary/aromatic N) is 1. The van der Waals surface area contributed by atoms with E-state index in [-0.39, 0.29) is 41.3 Å². The van der Waals surface area contributed by atoms with Gasteiger partial charge in [-0.05, 0) is 31.6 Å². The molecule has 1 saturated heterocycles. The van der Waals surface area contributed by atoms with Gasteiger partial charge in [0.1, 0.15) is 12.6 Å². The average molecular weight is 282 g/mol. The van der Waals surface area contributed by atoms with E-state index in [4.69, 9.17) is 0 Å². The molecule has 1 N–H and O–H groups in total. The van der Waals surface area contributed by atoms with Crippen molar-refractivity contribution in [3.8, 4) is 0 Å². The lowest BCUT2D eigenvalue weighted by Crippen LogP contribution is -2.65. The molecule has 0 aromatic rings. The van der Waals surface area contributed by atoms with Gasteiger partial charge in [0, 0.05) is 5.54 Å². The smallest absolute Gasteiger partial charge is 0.246 e. The van der Waals surface area contributed by atoms with E-state index < -0.39 is 0 Å². The predicted octanol–water partition coefficient (Wildman–Crippen LogP) is 2.57. The van der Waals surface area contributed by atoms with Gasteiger partial charge in [-0.3, -0.25) is 9.59 Å². The number of nitrogens with one attached hydrogen (secondary N) is 1. The molecule has 1 rings (SSSR count). The second-order valence-electron chi connectivity index (χ2n) is 7.90. The monoisotopic (exact) mass is 282 g/mol. The maximum absolute atomic E-state index is 12.7. The van der Waals surface area contributed by atoms with Crippen LogP contribution >= 0.6 is 0 Å². The minimum absolute atomic E-state index is 0.0446. The lowest BCUT2D eigenvalue weighted by atomic mass is 9.80. The third-order valence-electron chi connectivity index (χ3n) is 4.06. The Kier molecular flexibility index (Phi) is 4.88. The second-order valence-corrected chi connectivity index (χ2v) is 7.90. The third kappa shape index (κ3) is 3.97. The largest absolute Gasteiger partial charge is 0.342 e. The first kappa shape index (κ1) is 17.0. The van der Waals surface area contributed by atoms with Crippen LogP contribution in [-0.4, -0.2) is 34.8 Å². The summed E-state index contributed by atoms with van der Waals surface area (Å²) in [4.78, 5) is 26.4. The van der Waals surface area contributed by atoms with E-state index in [1.807, 2.05) is 13.8 Å². The topological polar surface area (TPSA) is 49.4 Å². The van der Waals surface area contributed by atoms with Gasteiger partial charge in [0.25, 0.3) is 0 Å². The summed E-state index contributed by atoms with van der Waals surface area (Å²) in [6, 6.07) is -0.375. The van der Waals surface area contributed by atoms with Crippen molar-refractivity contribution < 1.29 is 9.59 Å². The van der Waals surface area contributed by atoms with Crippen molar-refractivity contribution in [3.05, 3.63) is 0 Å². The van der Waals surface area contributed by atoms with E-state index in [9.17, 15) is 9.59 Å². The first-order chi connectivity index (χ1) is 8.98. The zero-order valence-corrected chi connectivity index (χ0v) is 14.0. The number of carbonyl (C=O) groups is 2. The number of piperazine rings is 1. The van der Waals surface area contributed by atoms with Crippen molar-refractivity contribution in [1.29, 1.82) is 0 Å². The molecule has 1 aliphatic rings. The molecule has 4 heteroatoms. The molecule has 0 saturated carbocycles. The molecule has 2 amide bonds. The first-order valence-electron chi connectivity index (χ1n) is 7.59. The number of hydrogen-bond acceptors (Lipinski definition) is 2. The van der Waals surface area contributed by atoms with Gasteiger partial charge in [0.15, 0.2) is 0 Å². The summed E-state index contributed by atoms with van der Waals surface area (Å²) in [5.74, 6) is 0.185. The molecule has 4 nitrogen and oxygen atoms in total. The van der Waals surface area contributed by atoms with Crippen molar-refractivity contribution in [2.24, 2.45) is 11.3 Å². The fourth-order valence-corrected chi connectivity index (χ4v) is 3.20. The fourth-order valence-electron chi connectivity index (χ4n) is 3.20. The first-order valence-corrected chi connectivity index (χ1v) is 7.59. The van der Waals surface area contributed by atoms with Gasteiger partial charge < -0.3 is 10.2 Å². The Morgan fingerprint density at radius 2 is 1.80 bits per heavy atom. The highest BCUT2D eigenvalue weighted by Gasteiger charge is 2.43. The normalized spacial score (nSPS) is 22.8. The van der Waals surface area contributed by atoms with Crippen LogP contribution in [0.2, 0.25) is 0 Å². The maximum atomic E-state index is 12.7.